The molecule has 0 aromatic carbocycles. The lowest BCUT2D eigenvalue weighted by atomic mass is 10.0. The van der Waals surface area contributed by atoms with Crippen LogP contribution in [0, 0.1) is 0 Å². The van der Waals surface area contributed by atoms with E-state index in [4.69, 9.17) is 4.74 Å². The van der Waals surface area contributed by atoms with Gasteiger partial charge in [-0.25, -0.2) is 0 Å². The first-order valence-electron chi connectivity index (χ1n) is 33.6. The van der Waals surface area contributed by atoms with E-state index in [1.54, 1.807) is 0 Å². The highest BCUT2D eigenvalue weighted by atomic mass is 16.5. The molecule has 74 heavy (non-hydrogen) atoms. The Morgan fingerprint density at radius 1 is 0.365 bits per heavy atom. The number of carbonyl (C=O) groups is 2. The van der Waals surface area contributed by atoms with Gasteiger partial charge in [0.2, 0.25) is 5.91 Å². The van der Waals surface area contributed by atoms with Gasteiger partial charge in [-0.3, -0.25) is 9.59 Å². The second-order valence-corrected chi connectivity index (χ2v) is 23.1. The zero-order valence-electron chi connectivity index (χ0n) is 50.1. The van der Waals surface area contributed by atoms with Gasteiger partial charge in [0.15, 0.2) is 0 Å². The molecule has 0 radical (unpaired) electrons. The van der Waals surface area contributed by atoms with Crippen LogP contribution in [0.1, 0.15) is 373 Å². The molecular weight excluding hydrogens is 911 g/mol. The maximum Gasteiger partial charge on any atom is 0.305 e. The van der Waals surface area contributed by atoms with Crippen molar-refractivity contribution in [3.63, 3.8) is 0 Å². The standard InChI is InChI=1S/C68H131NO5/c1-3-5-7-9-11-13-15-17-19-29-32-36-40-44-48-52-56-60-66(71)65(64-70)69-67(72)61-57-53-49-45-41-37-33-30-27-25-23-21-22-24-26-28-31-35-39-43-47-51-55-59-63-74-68(73)62-58-54-50-46-42-38-34-20-18-16-14-12-10-8-6-4-2/h20,23,25,34,65-66,70-71H,3-19,21-22,24,26-33,35-64H2,1-2H3,(H,69,72)/b25-23-,34-20-. The zero-order valence-corrected chi connectivity index (χ0v) is 50.1. The maximum absolute atomic E-state index is 12.5. The molecule has 0 saturated carbocycles. The predicted molar refractivity (Wildman–Crippen MR) is 324 cm³/mol. The van der Waals surface area contributed by atoms with Crippen LogP contribution in [0.2, 0.25) is 0 Å². The lowest BCUT2D eigenvalue weighted by molar-refractivity contribution is -0.143. The Balaban J connectivity index is 3.40. The molecule has 2 atom stereocenters. The Morgan fingerprint density at radius 3 is 0.959 bits per heavy atom. The van der Waals surface area contributed by atoms with E-state index in [-0.39, 0.29) is 18.5 Å². The lowest BCUT2D eigenvalue weighted by Crippen LogP contribution is -2.45. The molecule has 0 aliphatic rings. The first-order chi connectivity index (χ1) is 36.5. The molecule has 3 N–H and O–H groups in total. The molecule has 0 saturated heterocycles. The summed E-state index contributed by atoms with van der Waals surface area (Å²) >= 11 is 0. The van der Waals surface area contributed by atoms with Gasteiger partial charge in [-0.2, -0.15) is 0 Å². The summed E-state index contributed by atoms with van der Waals surface area (Å²) in [6.45, 7) is 4.97. The Hall–Kier alpha value is -1.66. The number of aliphatic hydroxyl groups is 2. The van der Waals surface area contributed by atoms with Crippen LogP contribution in [-0.4, -0.2) is 47.4 Å². The number of hydrogen-bond donors (Lipinski definition) is 3. The minimum Gasteiger partial charge on any atom is -0.466 e. The monoisotopic (exact) mass is 1040 g/mol. The summed E-state index contributed by atoms with van der Waals surface area (Å²) in [6, 6.07) is -0.545. The average Bonchev–Trinajstić information content (AvgIpc) is 3.40. The molecule has 0 heterocycles. The average molecular weight is 1040 g/mol. The van der Waals surface area contributed by atoms with Crippen LogP contribution in [0.3, 0.4) is 0 Å². The van der Waals surface area contributed by atoms with Gasteiger partial charge in [-0.1, -0.05) is 308 Å². The fraction of sp³-hybridized carbons (Fsp3) is 0.912. The van der Waals surface area contributed by atoms with Crippen LogP contribution < -0.4 is 5.32 Å². The van der Waals surface area contributed by atoms with Crippen molar-refractivity contribution in [3.05, 3.63) is 24.3 Å². The Labute approximate surface area is 462 Å². The van der Waals surface area contributed by atoms with Crippen molar-refractivity contribution in [2.24, 2.45) is 0 Å². The molecule has 0 fully saturated rings. The third-order valence-corrected chi connectivity index (χ3v) is 15.7. The van der Waals surface area contributed by atoms with E-state index in [0.717, 1.165) is 44.9 Å². The fourth-order valence-electron chi connectivity index (χ4n) is 10.6. The number of unbranched alkanes of at least 4 members (excludes halogenated alkanes) is 48. The second-order valence-electron chi connectivity index (χ2n) is 23.1. The minimum atomic E-state index is -0.667. The second kappa shape index (κ2) is 63.9. The number of hydrogen-bond acceptors (Lipinski definition) is 5. The van der Waals surface area contributed by atoms with E-state index in [1.807, 2.05) is 0 Å². The summed E-state index contributed by atoms with van der Waals surface area (Å²) in [4.78, 5) is 24.6. The highest BCUT2D eigenvalue weighted by Gasteiger charge is 2.20. The molecule has 0 aromatic rings. The molecule has 0 spiro atoms. The van der Waals surface area contributed by atoms with E-state index < -0.39 is 12.1 Å². The summed E-state index contributed by atoms with van der Waals surface area (Å²) in [5.74, 6) is -0.0308. The van der Waals surface area contributed by atoms with Crippen molar-refractivity contribution in [1.82, 2.24) is 5.32 Å². The van der Waals surface area contributed by atoms with Gasteiger partial charge in [0.1, 0.15) is 0 Å². The Bertz CT molecular complexity index is 1150. The molecule has 1 amide bonds. The summed E-state index contributed by atoms with van der Waals surface area (Å²) in [5.41, 5.74) is 0. The number of amides is 1. The Kier molecular flexibility index (Phi) is 62.4. The number of rotatable bonds is 63. The minimum absolute atomic E-state index is 0.00581. The summed E-state index contributed by atoms with van der Waals surface area (Å²) < 4.78 is 5.49. The quantitative estimate of drug-likeness (QED) is 0.0320. The van der Waals surface area contributed by atoms with E-state index in [0.29, 0.717) is 25.9 Å². The van der Waals surface area contributed by atoms with E-state index in [1.165, 1.54) is 295 Å². The fourth-order valence-corrected chi connectivity index (χ4v) is 10.6. The molecular formula is C68H131NO5. The molecule has 6 heteroatoms. The van der Waals surface area contributed by atoms with Crippen molar-refractivity contribution in [3.8, 4) is 0 Å². The van der Waals surface area contributed by atoms with Crippen LogP contribution in [0.15, 0.2) is 24.3 Å². The van der Waals surface area contributed by atoms with Gasteiger partial charge < -0.3 is 20.3 Å². The highest BCUT2D eigenvalue weighted by molar-refractivity contribution is 5.76. The number of carbonyl (C=O) groups excluding carboxylic acids is 2. The predicted octanol–water partition coefficient (Wildman–Crippen LogP) is 21.4. The van der Waals surface area contributed by atoms with Gasteiger partial charge >= 0.3 is 5.97 Å². The van der Waals surface area contributed by atoms with Gasteiger partial charge in [0, 0.05) is 12.8 Å². The highest BCUT2D eigenvalue weighted by Crippen LogP contribution is 2.18. The normalized spacial score (nSPS) is 12.6. The SMILES string of the molecule is CCCCCCCCC/C=C\CCCCCCCC(=O)OCCCCCCCCCCCCCC/C=C\CCCCCCCCCCC(=O)NC(CO)C(O)CCCCCCCCCCCCCCCCCCC. The number of ether oxygens (including phenoxy) is 1. The topological polar surface area (TPSA) is 95.9 Å². The molecule has 0 aliphatic carbocycles. The van der Waals surface area contributed by atoms with E-state index in [2.05, 4.69) is 43.5 Å². The van der Waals surface area contributed by atoms with Crippen molar-refractivity contribution < 1.29 is 24.5 Å². The van der Waals surface area contributed by atoms with Crippen molar-refractivity contribution in [1.29, 1.82) is 0 Å². The maximum atomic E-state index is 12.5. The van der Waals surface area contributed by atoms with Crippen molar-refractivity contribution >= 4 is 11.9 Å². The molecule has 0 rings (SSSR count). The first-order valence-corrected chi connectivity index (χ1v) is 33.6. The lowest BCUT2D eigenvalue weighted by Gasteiger charge is -2.22. The van der Waals surface area contributed by atoms with Crippen LogP contribution in [0.5, 0.6) is 0 Å². The van der Waals surface area contributed by atoms with Gasteiger partial charge in [-0.15, -0.1) is 0 Å². The van der Waals surface area contributed by atoms with E-state index >= 15 is 0 Å². The number of allylic oxidation sites excluding steroid dienone is 4. The number of esters is 1. The number of nitrogens with one attached hydrogen (secondary N) is 1. The Morgan fingerprint density at radius 2 is 0.635 bits per heavy atom. The van der Waals surface area contributed by atoms with Crippen molar-refractivity contribution in [2.75, 3.05) is 13.2 Å². The largest absolute Gasteiger partial charge is 0.466 e. The van der Waals surface area contributed by atoms with Crippen LogP contribution in [-0.2, 0) is 14.3 Å². The van der Waals surface area contributed by atoms with E-state index in [9.17, 15) is 19.8 Å². The van der Waals surface area contributed by atoms with Crippen LogP contribution in [0.25, 0.3) is 0 Å². The first kappa shape index (κ1) is 72.3. The molecule has 438 valence electrons. The number of aliphatic hydroxyl groups excluding tert-OH is 2. The molecule has 6 nitrogen and oxygen atoms in total. The molecule has 0 aromatic heterocycles. The zero-order chi connectivity index (χ0) is 53.6. The molecule has 0 bridgehead atoms. The summed E-state index contributed by atoms with van der Waals surface area (Å²) in [7, 11) is 0. The third-order valence-electron chi connectivity index (χ3n) is 15.7. The summed E-state index contributed by atoms with van der Waals surface area (Å²) in [6.07, 6.45) is 79.2. The molecule has 2 unspecified atom stereocenters. The molecule has 0 aliphatic heterocycles. The van der Waals surface area contributed by atoms with Crippen LogP contribution in [0.4, 0.5) is 0 Å². The van der Waals surface area contributed by atoms with Gasteiger partial charge in [-0.05, 0) is 77.0 Å². The van der Waals surface area contributed by atoms with Gasteiger partial charge in [0.05, 0.1) is 25.4 Å². The summed E-state index contributed by atoms with van der Waals surface area (Å²) in [5, 5.41) is 23.3. The van der Waals surface area contributed by atoms with Crippen molar-refractivity contribution in [2.45, 2.75) is 386 Å². The third kappa shape index (κ3) is 59.6. The van der Waals surface area contributed by atoms with Gasteiger partial charge in [0.25, 0.3) is 0 Å². The smallest absolute Gasteiger partial charge is 0.305 e. The van der Waals surface area contributed by atoms with Crippen LogP contribution >= 0.6 is 0 Å².